The number of hydrogen-bond acceptors (Lipinski definition) is 1. The molecule has 0 radical (unpaired) electrons. The van der Waals surface area contributed by atoms with Crippen LogP contribution in [0.25, 0.3) is 11.1 Å². The van der Waals surface area contributed by atoms with Gasteiger partial charge in [0.15, 0.2) is 0 Å². The van der Waals surface area contributed by atoms with E-state index in [0.717, 1.165) is 19.4 Å². The van der Waals surface area contributed by atoms with Crippen molar-refractivity contribution >= 4 is 5.71 Å². The highest BCUT2D eigenvalue weighted by atomic mass is 14.8. The van der Waals surface area contributed by atoms with Crippen LogP contribution >= 0.6 is 0 Å². The highest BCUT2D eigenvalue weighted by molar-refractivity contribution is 6.12. The zero-order valence-electron chi connectivity index (χ0n) is 9.61. The largest absolute Gasteiger partial charge is 0.288 e. The molecule has 2 aromatic carbocycles. The van der Waals surface area contributed by atoms with E-state index in [4.69, 9.17) is 4.99 Å². The second kappa shape index (κ2) is 3.30. The van der Waals surface area contributed by atoms with Crippen LogP contribution in [0.15, 0.2) is 47.5 Å². The number of fused-ring (bicyclic) bond motifs is 2. The average molecular weight is 219 g/mol. The molecule has 2 aliphatic rings. The van der Waals surface area contributed by atoms with Crippen molar-refractivity contribution in [2.45, 2.75) is 12.8 Å². The monoisotopic (exact) mass is 219 g/mol. The summed E-state index contributed by atoms with van der Waals surface area (Å²) in [6, 6.07) is 15.4. The van der Waals surface area contributed by atoms with Crippen LogP contribution in [0.4, 0.5) is 0 Å². The van der Waals surface area contributed by atoms with Crippen LogP contribution in [-0.2, 0) is 12.8 Å². The van der Waals surface area contributed by atoms with Gasteiger partial charge in [-0.3, -0.25) is 4.99 Å². The van der Waals surface area contributed by atoms with E-state index < -0.39 is 0 Å². The van der Waals surface area contributed by atoms with Gasteiger partial charge < -0.3 is 0 Å². The molecule has 0 spiro atoms. The summed E-state index contributed by atoms with van der Waals surface area (Å²) in [5.41, 5.74) is 8.37. The standard InChI is InChI=1S/C16H13N/c1-2-6-13-12(4-1)10-15-16-11(8-9-17-15)5-3-7-14(13)16/h1-7H,8-10H2. The molecule has 0 aromatic heterocycles. The van der Waals surface area contributed by atoms with Gasteiger partial charge in [0.1, 0.15) is 0 Å². The van der Waals surface area contributed by atoms with Crippen molar-refractivity contribution in [3.05, 3.63) is 59.2 Å². The Kier molecular flexibility index (Phi) is 1.78. The van der Waals surface area contributed by atoms with Gasteiger partial charge in [-0.1, -0.05) is 42.5 Å². The first kappa shape index (κ1) is 9.17. The van der Waals surface area contributed by atoms with Crippen molar-refractivity contribution in [2.75, 3.05) is 6.54 Å². The number of aliphatic imine (C=N–C) groups is 1. The topological polar surface area (TPSA) is 12.4 Å². The molecular weight excluding hydrogens is 206 g/mol. The van der Waals surface area contributed by atoms with Gasteiger partial charge in [-0.05, 0) is 28.7 Å². The Hall–Kier alpha value is -1.89. The Bertz CT molecular complexity index is 638. The zero-order valence-corrected chi connectivity index (χ0v) is 9.61. The van der Waals surface area contributed by atoms with Crippen LogP contribution in [0.3, 0.4) is 0 Å². The molecule has 82 valence electrons. The average Bonchev–Trinajstić information content (AvgIpc) is 2.39. The van der Waals surface area contributed by atoms with Gasteiger partial charge in [-0.25, -0.2) is 0 Å². The number of hydrogen-bond donors (Lipinski definition) is 0. The second-order valence-electron chi connectivity index (χ2n) is 4.75. The van der Waals surface area contributed by atoms with Crippen LogP contribution in [-0.4, -0.2) is 12.3 Å². The molecule has 1 aliphatic carbocycles. The van der Waals surface area contributed by atoms with Crippen LogP contribution in [0.2, 0.25) is 0 Å². The maximum Gasteiger partial charge on any atom is 0.0473 e. The number of nitrogens with zero attached hydrogens (tertiary/aromatic N) is 1. The van der Waals surface area contributed by atoms with E-state index in [2.05, 4.69) is 42.5 Å². The molecule has 1 heterocycles. The summed E-state index contributed by atoms with van der Waals surface area (Å²) in [4.78, 5) is 4.72. The van der Waals surface area contributed by atoms with Crippen molar-refractivity contribution < 1.29 is 0 Å². The summed E-state index contributed by atoms with van der Waals surface area (Å²) in [7, 11) is 0. The first-order valence-corrected chi connectivity index (χ1v) is 6.17. The van der Waals surface area contributed by atoms with Gasteiger partial charge >= 0.3 is 0 Å². The van der Waals surface area contributed by atoms with Crippen molar-refractivity contribution in [3.63, 3.8) is 0 Å². The van der Waals surface area contributed by atoms with Crippen LogP contribution in [0.1, 0.15) is 16.7 Å². The van der Waals surface area contributed by atoms with Crippen LogP contribution in [0.5, 0.6) is 0 Å². The van der Waals surface area contributed by atoms with Gasteiger partial charge in [-0.2, -0.15) is 0 Å². The normalized spacial score (nSPS) is 15.9. The lowest BCUT2D eigenvalue weighted by molar-refractivity contribution is 0.931. The number of rotatable bonds is 0. The number of benzene rings is 2. The van der Waals surface area contributed by atoms with E-state index in [1.54, 1.807) is 0 Å². The van der Waals surface area contributed by atoms with Crippen LogP contribution < -0.4 is 0 Å². The van der Waals surface area contributed by atoms with Crippen LogP contribution in [0, 0.1) is 0 Å². The quantitative estimate of drug-likeness (QED) is 0.645. The van der Waals surface area contributed by atoms with Gasteiger partial charge in [0.25, 0.3) is 0 Å². The summed E-state index contributed by atoms with van der Waals surface area (Å²) in [6.07, 6.45) is 2.09. The SMILES string of the molecule is c1ccc2c(c1)CC1=NCCc3cccc-2c31. The van der Waals surface area contributed by atoms with Gasteiger partial charge in [-0.15, -0.1) is 0 Å². The van der Waals surface area contributed by atoms with E-state index in [0.29, 0.717) is 0 Å². The smallest absolute Gasteiger partial charge is 0.0473 e. The van der Waals surface area contributed by atoms with Crippen molar-refractivity contribution in [1.82, 2.24) is 0 Å². The van der Waals surface area contributed by atoms with Crippen molar-refractivity contribution in [3.8, 4) is 11.1 Å². The van der Waals surface area contributed by atoms with E-state index in [1.807, 2.05) is 0 Å². The minimum absolute atomic E-state index is 0.952. The molecule has 17 heavy (non-hydrogen) atoms. The zero-order chi connectivity index (χ0) is 11.2. The minimum atomic E-state index is 0.952. The van der Waals surface area contributed by atoms with Gasteiger partial charge in [0, 0.05) is 24.2 Å². The fraction of sp³-hybridized carbons (Fsp3) is 0.188. The predicted octanol–water partition coefficient (Wildman–Crippen LogP) is 3.25. The van der Waals surface area contributed by atoms with Gasteiger partial charge in [0.2, 0.25) is 0 Å². The molecule has 1 nitrogen and oxygen atoms in total. The molecule has 2 aromatic rings. The van der Waals surface area contributed by atoms with E-state index in [1.165, 1.54) is 33.5 Å². The summed E-state index contributed by atoms with van der Waals surface area (Å²) in [5, 5.41) is 0. The Morgan fingerprint density at radius 1 is 0.824 bits per heavy atom. The first-order valence-electron chi connectivity index (χ1n) is 6.17. The van der Waals surface area contributed by atoms with E-state index in [9.17, 15) is 0 Å². The summed E-state index contributed by atoms with van der Waals surface area (Å²) >= 11 is 0. The van der Waals surface area contributed by atoms with Gasteiger partial charge in [0.05, 0.1) is 0 Å². The molecule has 0 atom stereocenters. The predicted molar refractivity (Wildman–Crippen MR) is 70.7 cm³/mol. The lowest BCUT2D eigenvalue weighted by atomic mass is 9.80. The fourth-order valence-corrected chi connectivity index (χ4v) is 3.03. The molecule has 1 aliphatic heterocycles. The molecule has 0 saturated heterocycles. The summed E-state index contributed by atoms with van der Waals surface area (Å²) in [5.74, 6) is 0. The molecule has 4 rings (SSSR count). The Balaban J connectivity index is 2.10. The minimum Gasteiger partial charge on any atom is -0.288 e. The van der Waals surface area contributed by atoms with E-state index >= 15 is 0 Å². The lowest BCUT2D eigenvalue weighted by Crippen LogP contribution is -2.20. The second-order valence-corrected chi connectivity index (χ2v) is 4.75. The van der Waals surface area contributed by atoms with E-state index in [-0.39, 0.29) is 0 Å². The maximum atomic E-state index is 4.72. The first-order chi connectivity index (χ1) is 8.43. The summed E-state index contributed by atoms with van der Waals surface area (Å²) in [6.45, 7) is 0.952. The third kappa shape index (κ3) is 1.22. The lowest BCUT2D eigenvalue weighted by Gasteiger charge is -2.26. The Labute approximate surface area is 101 Å². The highest BCUT2D eigenvalue weighted by Gasteiger charge is 2.24. The Morgan fingerprint density at radius 2 is 1.65 bits per heavy atom. The molecule has 0 saturated carbocycles. The van der Waals surface area contributed by atoms with Crippen molar-refractivity contribution in [2.24, 2.45) is 4.99 Å². The summed E-state index contributed by atoms with van der Waals surface area (Å²) < 4.78 is 0. The highest BCUT2D eigenvalue weighted by Crippen LogP contribution is 2.36. The fourth-order valence-electron chi connectivity index (χ4n) is 3.03. The molecule has 1 heteroatoms. The third-order valence-corrected chi connectivity index (χ3v) is 3.79. The molecule has 0 amide bonds. The Morgan fingerprint density at radius 3 is 2.65 bits per heavy atom. The molecule has 0 fully saturated rings. The molecule has 0 bridgehead atoms. The van der Waals surface area contributed by atoms with Crippen molar-refractivity contribution in [1.29, 1.82) is 0 Å². The molecule has 0 N–H and O–H groups in total. The third-order valence-electron chi connectivity index (χ3n) is 3.79. The maximum absolute atomic E-state index is 4.72. The molecule has 0 unspecified atom stereocenters. The molecular formula is C16H13N.